The zero-order chi connectivity index (χ0) is 14.3. The van der Waals surface area contributed by atoms with Gasteiger partial charge in [-0.25, -0.2) is 4.39 Å². The fourth-order valence-corrected chi connectivity index (χ4v) is 2.72. The number of hydrogen-bond donors (Lipinski definition) is 1. The minimum atomic E-state index is -0.528. The molecule has 0 bridgehead atoms. The van der Waals surface area contributed by atoms with Gasteiger partial charge in [-0.15, -0.1) is 0 Å². The average molecular weight is 269 g/mol. The SMILES string of the molecule is Cc1cc(C)c(C(N)c2coc3ccccc23)c(F)c1. The number of furan rings is 1. The lowest BCUT2D eigenvalue weighted by Crippen LogP contribution is -2.15. The third kappa shape index (κ3) is 2.00. The molecule has 1 heterocycles. The highest BCUT2D eigenvalue weighted by Gasteiger charge is 2.20. The molecule has 3 rings (SSSR count). The molecule has 2 N–H and O–H groups in total. The maximum absolute atomic E-state index is 14.2. The lowest BCUT2D eigenvalue weighted by Gasteiger charge is -2.15. The molecular weight excluding hydrogens is 253 g/mol. The smallest absolute Gasteiger partial charge is 0.134 e. The van der Waals surface area contributed by atoms with E-state index in [9.17, 15) is 4.39 Å². The summed E-state index contributed by atoms with van der Waals surface area (Å²) in [4.78, 5) is 0. The van der Waals surface area contributed by atoms with Crippen LogP contribution in [0.15, 0.2) is 47.1 Å². The molecule has 2 nitrogen and oxygen atoms in total. The summed E-state index contributed by atoms with van der Waals surface area (Å²) in [5.41, 5.74) is 10.1. The summed E-state index contributed by atoms with van der Waals surface area (Å²) in [6, 6.07) is 10.6. The summed E-state index contributed by atoms with van der Waals surface area (Å²) >= 11 is 0. The zero-order valence-corrected chi connectivity index (χ0v) is 11.5. The van der Waals surface area contributed by atoms with Crippen LogP contribution in [0.1, 0.15) is 28.3 Å². The number of aryl methyl sites for hydroxylation is 2. The first kappa shape index (κ1) is 12.9. The van der Waals surface area contributed by atoms with Crippen molar-refractivity contribution in [1.29, 1.82) is 0 Å². The van der Waals surface area contributed by atoms with Crippen molar-refractivity contribution in [2.45, 2.75) is 19.9 Å². The molecule has 0 amide bonds. The van der Waals surface area contributed by atoms with E-state index in [0.717, 1.165) is 27.7 Å². The summed E-state index contributed by atoms with van der Waals surface area (Å²) < 4.78 is 19.7. The van der Waals surface area contributed by atoms with Crippen molar-refractivity contribution in [3.63, 3.8) is 0 Å². The Kier molecular flexibility index (Phi) is 3.07. The van der Waals surface area contributed by atoms with Crippen molar-refractivity contribution in [2.24, 2.45) is 5.73 Å². The molecule has 2 aromatic carbocycles. The number of rotatable bonds is 2. The molecule has 20 heavy (non-hydrogen) atoms. The largest absolute Gasteiger partial charge is 0.464 e. The van der Waals surface area contributed by atoms with Crippen LogP contribution in [0.4, 0.5) is 4.39 Å². The second-order valence-corrected chi connectivity index (χ2v) is 5.14. The predicted octanol–water partition coefficient (Wildman–Crippen LogP) is 4.24. The van der Waals surface area contributed by atoms with Gasteiger partial charge in [0, 0.05) is 16.5 Å². The van der Waals surface area contributed by atoms with Gasteiger partial charge in [-0.05, 0) is 37.1 Å². The van der Waals surface area contributed by atoms with Gasteiger partial charge < -0.3 is 10.2 Å². The molecule has 3 aromatic rings. The molecule has 1 atom stereocenters. The molecule has 0 spiro atoms. The van der Waals surface area contributed by atoms with Gasteiger partial charge in [-0.3, -0.25) is 0 Å². The summed E-state index contributed by atoms with van der Waals surface area (Å²) in [5, 5.41) is 0.930. The van der Waals surface area contributed by atoms with Crippen molar-refractivity contribution < 1.29 is 8.81 Å². The topological polar surface area (TPSA) is 39.2 Å². The third-order valence-electron chi connectivity index (χ3n) is 3.64. The Labute approximate surface area is 117 Å². The molecule has 0 radical (unpaired) electrons. The summed E-state index contributed by atoms with van der Waals surface area (Å²) in [7, 11) is 0. The number of benzene rings is 2. The second-order valence-electron chi connectivity index (χ2n) is 5.14. The Morgan fingerprint density at radius 2 is 1.90 bits per heavy atom. The number of fused-ring (bicyclic) bond motifs is 1. The highest BCUT2D eigenvalue weighted by atomic mass is 19.1. The van der Waals surface area contributed by atoms with Crippen LogP contribution in [0, 0.1) is 19.7 Å². The Balaban J connectivity index is 2.16. The minimum absolute atomic E-state index is 0.264. The van der Waals surface area contributed by atoms with Crippen LogP contribution in [0.2, 0.25) is 0 Å². The molecule has 102 valence electrons. The molecule has 3 heteroatoms. The Morgan fingerprint density at radius 3 is 2.65 bits per heavy atom. The van der Waals surface area contributed by atoms with Crippen LogP contribution in [0.5, 0.6) is 0 Å². The van der Waals surface area contributed by atoms with E-state index in [2.05, 4.69) is 0 Å². The first-order chi connectivity index (χ1) is 9.58. The van der Waals surface area contributed by atoms with Crippen LogP contribution >= 0.6 is 0 Å². The van der Waals surface area contributed by atoms with Gasteiger partial charge in [0.05, 0.1) is 12.3 Å². The number of para-hydroxylation sites is 1. The molecule has 0 saturated heterocycles. The van der Waals surface area contributed by atoms with Gasteiger partial charge in [0.15, 0.2) is 0 Å². The van der Waals surface area contributed by atoms with E-state index in [0.29, 0.717) is 5.56 Å². The van der Waals surface area contributed by atoms with Gasteiger partial charge >= 0.3 is 0 Å². The van der Waals surface area contributed by atoms with Crippen LogP contribution in [0.3, 0.4) is 0 Å². The van der Waals surface area contributed by atoms with Crippen LogP contribution < -0.4 is 5.73 Å². The summed E-state index contributed by atoms with van der Waals surface area (Å²) in [6.45, 7) is 3.76. The Bertz CT molecular complexity index is 753. The quantitative estimate of drug-likeness (QED) is 0.756. The number of hydrogen-bond acceptors (Lipinski definition) is 2. The van der Waals surface area contributed by atoms with Crippen LogP contribution in [-0.2, 0) is 0 Å². The van der Waals surface area contributed by atoms with E-state index < -0.39 is 6.04 Å². The van der Waals surface area contributed by atoms with Gasteiger partial charge in [0.2, 0.25) is 0 Å². The predicted molar refractivity (Wildman–Crippen MR) is 78.1 cm³/mol. The Hall–Kier alpha value is -2.13. The van der Waals surface area contributed by atoms with Crippen molar-refractivity contribution in [3.05, 3.63) is 70.7 Å². The van der Waals surface area contributed by atoms with E-state index in [1.165, 1.54) is 6.07 Å². The van der Waals surface area contributed by atoms with E-state index in [-0.39, 0.29) is 5.82 Å². The Morgan fingerprint density at radius 1 is 1.15 bits per heavy atom. The van der Waals surface area contributed by atoms with E-state index >= 15 is 0 Å². The first-order valence-corrected chi connectivity index (χ1v) is 6.56. The molecule has 1 aromatic heterocycles. The van der Waals surface area contributed by atoms with Gasteiger partial charge in [-0.2, -0.15) is 0 Å². The molecule has 0 aliphatic carbocycles. The highest BCUT2D eigenvalue weighted by molar-refractivity contribution is 5.82. The van der Waals surface area contributed by atoms with Gasteiger partial charge in [-0.1, -0.05) is 24.3 Å². The molecule has 0 saturated carbocycles. The fourth-order valence-electron chi connectivity index (χ4n) is 2.72. The van der Waals surface area contributed by atoms with Gasteiger partial charge in [0.25, 0.3) is 0 Å². The summed E-state index contributed by atoms with van der Waals surface area (Å²) in [6.07, 6.45) is 1.62. The van der Waals surface area contributed by atoms with Gasteiger partial charge in [0.1, 0.15) is 11.4 Å². The monoisotopic (exact) mass is 269 g/mol. The third-order valence-corrected chi connectivity index (χ3v) is 3.64. The van der Waals surface area contributed by atoms with Crippen LogP contribution in [-0.4, -0.2) is 0 Å². The fraction of sp³-hybridized carbons (Fsp3) is 0.176. The molecule has 0 aliphatic heterocycles. The summed E-state index contributed by atoms with van der Waals surface area (Å²) in [5.74, 6) is -0.264. The number of nitrogens with two attached hydrogens (primary N) is 1. The van der Waals surface area contributed by atoms with Crippen LogP contribution in [0.25, 0.3) is 11.0 Å². The zero-order valence-electron chi connectivity index (χ0n) is 11.5. The van der Waals surface area contributed by atoms with Crippen molar-refractivity contribution in [3.8, 4) is 0 Å². The minimum Gasteiger partial charge on any atom is -0.464 e. The van der Waals surface area contributed by atoms with E-state index in [1.807, 2.05) is 44.2 Å². The number of halogens is 1. The molecule has 1 unspecified atom stereocenters. The molecular formula is C17H16FNO. The van der Waals surface area contributed by atoms with Crippen molar-refractivity contribution in [1.82, 2.24) is 0 Å². The lowest BCUT2D eigenvalue weighted by atomic mass is 9.93. The maximum atomic E-state index is 14.2. The molecule has 0 aliphatic rings. The van der Waals surface area contributed by atoms with E-state index in [4.69, 9.17) is 10.2 Å². The second kappa shape index (κ2) is 4.76. The van der Waals surface area contributed by atoms with E-state index in [1.54, 1.807) is 6.26 Å². The average Bonchev–Trinajstić information content (AvgIpc) is 2.81. The highest BCUT2D eigenvalue weighted by Crippen LogP contribution is 2.32. The maximum Gasteiger partial charge on any atom is 0.134 e. The first-order valence-electron chi connectivity index (χ1n) is 6.56. The normalized spacial score (nSPS) is 12.8. The lowest BCUT2D eigenvalue weighted by molar-refractivity contribution is 0.586. The van der Waals surface area contributed by atoms with Crippen molar-refractivity contribution >= 4 is 11.0 Å². The molecule has 0 fully saturated rings. The van der Waals surface area contributed by atoms with Crippen molar-refractivity contribution in [2.75, 3.05) is 0 Å². The standard InChI is InChI=1S/C17H16FNO/c1-10-7-11(2)16(14(18)8-10)17(19)13-9-20-15-6-4-3-5-12(13)15/h3-9,17H,19H2,1-2H3.